The van der Waals surface area contributed by atoms with Crippen LogP contribution >= 0.6 is 23.2 Å². The normalized spacial score (nSPS) is 11.4. The van der Waals surface area contributed by atoms with E-state index < -0.39 is 17.9 Å². The number of benzene rings is 2. The smallest absolute Gasteiger partial charge is 0.279 e. The first-order valence-electron chi connectivity index (χ1n) is 7.85. The third-order valence-electron chi connectivity index (χ3n) is 3.30. The van der Waals surface area contributed by atoms with Crippen molar-refractivity contribution in [2.24, 2.45) is 0 Å². The summed E-state index contributed by atoms with van der Waals surface area (Å²) in [5.74, 6) is 0.190. The maximum absolute atomic E-state index is 12.1. The first-order valence-corrected chi connectivity index (χ1v) is 8.61. The van der Waals surface area contributed by atoms with Gasteiger partial charge in [0.25, 0.3) is 11.8 Å². The van der Waals surface area contributed by atoms with Crippen molar-refractivity contribution in [1.82, 2.24) is 10.9 Å². The summed E-state index contributed by atoms with van der Waals surface area (Å²) in [5, 5.41) is 0.586. The molecule has 0 aliphatic heterocycles. The van der Waals surface area contributed by atoms with Crippen LogP contribution in [-0.2, 0) is 4.79 Å². The molecule has 0 aliphatic rings. The lowest BCUT2D eigenvalue weighted by Gasteiger charge is -2.15. The van der Waals surface area contributed by atoms with E-state index >= 15 is 0 Å². The summed E-state index contributed by atoms with van der Waals surface area (Å²) in [6.07, 6.45) is -0.818. The summed E-state index contributed by atoms with van der Waals surface area (Å²) in [6.45, 7) is 4.03. The second kappa shape index (κ2) is 9.31. The highest BCUT2D eigenvalue weighted by molar-refractivity contribution is 6.42. The molecule has 8 heteroatoms. The van der Waals surface area contributed by atoms with Crippen LogP contribution in [0.3, 0.4) is 0 Å². The van der Waals surface area contributed by atoms with Crippen LogP contribution in [-0.4, -0.2) is 24.5 Å². The van der Waals surface area contributed by atoms with E-state index in [0.29, 0.717) is 23.1 Å². The number of ether oxygens (including phenoxy) is 2. The maximum Gasteiger partial charge on any atom is 0.279 e. The Morgan fingerprint density at radius 3 is 2.27 bits per heavy atom. The number of carbonyl (C=O) groups is 2. The fourth-order valence-electron chi connectivity index (χ4n) is 1.97. The largest absolute Gasteiger partial charge is 0.494 e. The van der Waals surface area contributed by atoms with Gasteiger partial charge in [0, 0.05) is 5.56 Å². The van der Waals surface area contributed by atoms with Crippen molar-refractivity contribution < 1.29 is 19.1 Å². The highest BCUT2D eigenvalue weighted by Crippen LogP contribution is 2.22. The number of rotatable bonds is 6. The van der Waals surface area contributed by atoms with E-state index in [4.69, 9.17) is 32.7 Å². The van der Waals surface area contributed by atoms with Gasteiger partial charge in [0.05, 0.1) is 16.7 Å². The molecule has 2 rings (SSSR count). The van der Waals surface area contributed by atoms with Crippen LogP contribution in [0.15, 0.2) is 42.5 Å². The maximum atomic E-state index is 12.1. The van der Waals surface area contributed by atoms with E-state index in [1.807, 2.05) is 6.92 Å². The molecular formula is C18H18Cl2N2O4. The molecule has 2 amide bonds. The minimum atomic E-state index is -0.818. The molecule has 0 fully saturated rings. The van der Waals surface area contributed by atoms with Crippen molar-refractivity contribution in [1.29, 1.82) is 0 Å². The number of hydrazine groups is 1. The Kier molecular flexibility index (Phi) is 7.12. The number of amides is 2. The van der Waals surface area contributed by atoms with Crippen LogP contribution in [0.4, 0.5) is 0 Å². The third-order valence-corrected chi connectivity index (χ3v) is 4.04. The zero-order valence-corrected chi connectivity index (χ0v) is 15.7. The van der Waals surface area contributed by atoms with E-state index in [1.54, 1.807) is 31.2 Å². The van der Waals surface area contributed by atoms with E-state index in [2.05, 4.69) is 10.9 Å². The fourth-order valence-corrected chi connectivity index (χ4v) is 2.27. The van der Waals surface area contributed by atoms with Gasteiger partial charge >= 0.3 is 0 Å². The number of nitrogens with one attached hydrogen (secondary N) is 2. The Morgan fingerprint density at radius 1 is 1.00 bits per heavy atom. The molecule has 0 unspecified atom stereocenters. The van der Waals surface area contributed by atoms with Gasteiger partial charge in [-0.3, -0.25) is 20.4 Å². The van der Waals surface area contributed by atoms with Gasteiger partial charge in [0.2, 0.25) is 0 Å². The molecule has 138 valence electrons. The minimum absolute atomic E-state index is 0.248. The summed E-state index contributed by atoms with van der Waals surface area (Å²) in [4.78, 5) is 24.1. The van der Waals surface area contributed by atoms with Crippen molar-refractivity contribution in [2.75, 3.05) is 6.61 Å². The van der Waals surface area contributed by atoms with Gasteiger partial charge in [0.15, 0.2) is 6.10 Å². The van der Waals surface area contributed by atoms with Crippen molar-refractivity contribution >= 4 is 35.0 Å². The Hall–Kier alpha value is -2.44. The first-order chi connectivity index (χ1) is 12.4. The summed E-state index contributed by atoms with van der Waals surface area (Å²) in [7, 11) is 0. The van der Waals surface area contributed by atoms with E-state index in [-0.39, 0.29) is 10.6 Å². The average molecular weight is 397 g/mol. The highest BCUT2D eigenvalue weighted by Gasteiger charge is 2.16. The minimum Gasteiger partial charge on any atom is -0.494 e. The molecule has 0 spiro atoms. The molecule has 0 bridgehead atoms. The molecule has 2 N–H and O–H groups in total. The fraction of sp³-hybridized carbons (Fsp3) is 0.222. The van der Waals surface area contributed by atoms with E-state index in [0.717, 1.165) is 0 Å². The Labute approximate surface area is 161 Å². The lowest BCUT2D eigenvalue weighted by Crippen LogP contribution is -2.47. The van der Waals surface area contributed by atoms with E-state index in [1.165, 1.54) is 18.2 Å². The van der Waals surface area contributed by atoms with Crippen LogP contribution in [0.2, 0.25) is 10.0 Å². The predicted molar refractivity (Wildman–Crippen MR) is 99.8 cm³/mol. The molecule has 26 heavy (non-hydrogen) atoms. The molecule has 2 aromatic rings. The van der Waals surface area contributed by atoms with Gasteiger partial charge in [-0.15, -0.1) is 0 Å². The van der Waals surface area contributed by atoms with Crippen molar-refractivity contribution in [3.8, 4) is 11.5 Å². The quantitative estimate of drug-likeness (QED) is 0.730. The lowest BCUT2D eigenvalue weighted by atomic mass is 10.2. The highest BCUT2D eigenvalue weighted by atomic mass is 35.5. The molecule has 0 radical (unpaired) electrons. The number of carbonyl (C=O) groups excluding carboxylic acids is 2. The van der Waals surface area contributed by atoms with Gasteiger partial charge in [-0.25, -0.2) is 0 Å². The summed E-state index contributed by atoms with van der Waals surface area (Å²) >= 11 is 11.7. The predicted octanol–water partition coefficient (Wildman–Crippen LogP) is 3.62. The Bertz CT molecular complexity index is 781. The van der Waals surface area contributed by atoms with Crippen molar-refractivity contribution in [3.05, 3.63) is 58.1 Å². The number of halogens is 2. The number of hydrogen-bond donors (Lipinski definition) is 2. The van der Waals surface area contributed by atoms with Crippen LogP contribution in [0.25, 0.3) is 0 Å². The van der Waals surface area contributed by atoms with Crippen LogP contribution in [0.5, 0.6) is 11.5 Å². The monoisotopic (exact) mass is 396 g/mol. The molecule has 0 heterocycles. The second-order valence-corrected chi connectivity index (χ2v) is 6.05. The van der Waals surface area contributed by atoms with Crippen molar-refractivity contribution in [3.63, 3.8) is 0 Å². The van der Waals surface area contributed by atoms with Gasteiger partial charge in [-0.05, 0) is 56.3 Å². The van der Waals surface area contributed by atoms with Crippen molar-refractivity contribution in [2.45, 2.75) is 20.0 Å². The molecular weight excluding hydrogens is 379 g/mol. The summed E-state index contributed by atoms with van der Waals surface area (Å²) < 4.78 is 10.9. The molecule has 1 atom stereocenters. The van der Waals surface area contributed by atoms with Crippen LogP contribution < -0.4 is 20.3 Å². The summed E-state index contributed by atoms with van der Waals surface area (Å²) in [5.41, 5.74) is 4.86. The summed E-state index contributed by atoms with van der Waals surface area (Å²) in [6, 6.07) is 11.3. The van der Waals surface area contributed by atoms with Gasteiger partial charge in [-0.2, -0.15) is 0 Å². The lowest BCUT2D eigenvalue weighted by molar-refractivity contribution is -0.128. The van der Waals surface area contributed by atoms with Crippen LogP contribution in [0.1, 0.15) is 24.2 Å². The number of hydrogen-bond acceptors (Lipinski definition) is 4. The SMILES string of the molecule is CCOc1ccc(O[C@@H](C)C(=O)NNC(=O)c2ccc(Cl)c(Cl)c2)cc1. The molecule has 0 saturated carbocycles. The van der Waals surface area contributed by atoms with Crippen LogP contribution in [0, 0.1) is 0 Å². The Balaban J connectivity index is 1.86. The third kappa shape index (κ3) is 5.54. The van der Waals surface area contributed by atoms with Gasteiger partial charge < -0.3 is 9.47 Å². The molecule has 0 aliphatic carbocycles. The van der Waals surface area contributed by atoms with E-state index in [9.17, 15) is 9.59 Å². The molecule has 2 aromatic carbocycles. The zero-order chi connectivity index (χ0) is 19.1. The second-order valence-electron chi connectivity index (χ2n) is 5.24. The average Bonchev–Trinajstić information content (AvgIpc) is 2.63. The molecule has 6 nitrogen and oxygen atoms in total. The van der Waals surface area contributed by atoms with Gasteiger partial charge in [-0.1, -0.05) is 23.2 Å². The Morgan fingerprint density at radius 2 is 1.65 bits per heavy atom. The topological polar surface area (TPSA) is 76.7 Å². The first kappa shape index (κ1) is 19.9. The molecule has 0 aromatic heterocycles. The van der Waals surface area contributed by atoms with Gasteiger partial charge in [0.1, 0.15) is 11.5 Å². The molecule has 0 saturated heterocycles. The standard InChI is InChI=1S/C18H18Cl2N2O4/c1-3-25-13-5-7-14(8-6-13)26-11(2)17(23)21-22-18(24)12-4-9-15(19)16(20)10-12/h4-11H,3H2,1-2H3,(H,21,23)(H,22,24)/t11-/m0/s1. The zero-order valence-electron chi connectivity index (χ0n) is 14.2.